The van der Waals surface area contributed by atoms with E-state index >= 15 is 0 Å². The van der Waals surface area contributed by atoms with Crippen molar-refractivity contribution in [1.82, 2.24) is 4.98 Å². The summed E-state index contributed by atoms with van der Waals surface area (Å²) in [7, 11) is 0. The lowest BCUT2D eigenvalue weighted by Crippen LogP contribution is -1.81. The highest BCUT2D eigenvalue weighted by molar-refractivity contribution is 6.35. The van der Waals surface area contributed by atoms with Gasteiger partial charge in [0.1, 0.15) is 0 Å². The molecule has 0 fully saturated rings. The molecule has 0 saturated carbocycles. The number of rotatable bonds is 1. The number of nitrogens with zero attached hydrogens (tertiary/aromatic N) is 4. The molecule has 0 atom stereocenters. The maximum Gasteiger partial charge on any atom is 0.0880 e. The molecule has 0 aliphatic rings. The Hall–Kier alpha value is -2.21. The van der Waals surface area contributed by atoms with E-state index in [1.807, 2.05) is 18.2 Å². The highest BCUT2D eigenvalue weighted by atomic mass is 35.5. The van der Waals surface area contributed by atoms with E-state index in [0.717, 1.165) is 16.5 Å². The zero-order valence-corrected chi connectivity index (χ0v) is 9.52. The number of hydrogen-bond donors (Lipinski definition) is 0. The Bertz CT molecular complexity index is 663. The van der Waals surface area contributed by atoms with Crippen molar-refractivity contribution in [1.29, 1.82) is 0 Å². The first-order chi connectivity index (χ1) is 8.31. The number of hydrogen-bond acceptors (Lipinski definition) is 2. The molecule has 4 nitrogen and oxygen atoms in total. The first-order valence-electron chi connectivity index (χ1n) is 4.85. The molecular formula is C12H7ClN4. The Morgan fingerprint density at radius 1 is 1.41 bits per heavy atom. The van der Waals surface area contributed by atoms with Crippen LogP contribution < -0.4 is 0 Å². The van der Waals surface area contributed by atoms with Crippen LogP contribution in [-0.2, 0) is 0 Å². The van der Waals surface area contributed by atoms with Crippen molar-refractivity contribution < 1.29 is 0 Å². The fourth-order valence-electron chi connectivity index (χ4n) is 1.40. The number of fused-ring (bicyclic) bond motifs is 1. The van der Waals surface area contributed by atoms with Crippen molar-refractivity contribution in [3.05, 3.63) is 51.5 Å². The monoisotopic (exact) mass is 242 g/mol. The summed E-state index contributed by atoms with van der Waals surface area (Å²) in [4.78, 5) is 6.82. The fourth-order valence-corrected chi connectivity index (χ4v) is 1.61. The predicted molar refractivity (Wildman–Crippen MR) is 67.6 cm³/mol. The van der Waals surface area contributed by atoms with Crippen LogP contribution in [0.25, 0.3) is 21.3 Å². The van der Waals surface area contributed by atoms with E-state index in [2.05, 4.69) is 26.9 Å². The van der Waals surface area contributed by atoms with E-state index in [-0.39, 0.29) is 6.54 Å². The average molecular weight is 243 g/mol. The lowest BCUT2D eigenvalue weighted by atomic mass is 10.1. The summed E-state index contributed by atoms with van der Waals surface area (Å²) in [6, 6.07) is 7.32. The first kappa shape index (κ1) is 11.3. The van der Waals surface area contributed by atoms with Crippen LogP contribution in [0, 0.1) is 11.8 Å². The summed E-state index contributed by atoms with van der Waals surface area (Å²) in [6.07, 6.45) is 1.66. The topological polar surface area (TPSA) is 61.7 Å². The molecule has 0 saturated heterocycles. The van der Waals surface area contributed by atoms with Gasteiger partial charge in [0.25, 0.3) is 0 Å². The van der Waals surface area contributed by atoms with Crippen LogP contribution in [0.2, 0.25) is 5.02 Å². The van der Waals surface area contributed by atoms with Crippen LogP contribution in [0.1, 0.15) is 5.56 Å². The van der Waals surface area contributed by atoms with Crippen molar-refractivity contribution >= 4 is 22.5 Å². The van der Waals surface area contributed by atoms with Gasteiger partial charge >= 0.3 is 0 Å². The molecule has 0 aliphatic carbocycles. The highest BCUT2D eigenvalue weighted by Gasteiger charge is 1.99. The molecule has 2 aromatic rings. The molecule has 82 valence electrons. The molecule has 0 spiro atoms. The largest absolute Gasteiger partial charge is 0.256 e. The second-order valence-corrected chi connectivity index (χ2v) is 3.62. The fraction of sp³-hybridized carbons (Fsp3) is 0.0833. The van der Waals surface area contributed by atoms with Gasteiger partial charge in [-0.25, -0.2) is 0 Å². The van der Waals surface area contributed by atoms with E-state index in [1.54, 1.807) is 12.3 Å². The van der Waals surface area contributed by atoms with E-state index in [0.29, 0.717) is 5.02 Å². The molecule has 1 aromatic heterocycles. The number of pyridine rings is 1. The predicted octanol–water partition coefficient (Wildman–Crippen LogP) is 3.55. The Kier molecular flexibility index (Phi) is 3.46. The summed E-state index contributed by atoms with van der Waals surface area (Å²) in [6.45, 7) is 0.162. The molecule has 0 amide bonds. The second-order valence-electron chi connectivity index (χ2n) is 3.22. The lowest BCUT2D eigenvalue weighted by molar-refractivity contribution is 1.25. The van der Waals surface area contributed by atoms with Crippen molar-refractivity contribution in [2.75, 3.05) is 6.54 Å². The first-order valence-corrected chi connectivity index (χ1v) is 5.23. The summed E-state index contributed by atoms with van der Waals surface area (Å²) < 4.78 is 0. The minimum atomic E-state index is 0.162. The van der Waals surface area contributed by atoms with Crippen LogP contribution in [-0.4, -0.2) is 11.5 Å². The zero-order valence-electron chi connectivity index (χ0n) is 8.76. The van der Waals surface area contributed by atoms with Gasteiger partial charge in [0.05, 0.1) is 17.1 Å². The quantitative estimate of drug-likeness (QED) is 0.326. The van der Waals surface area contributed by atoms with Gasteiger partial charge in [-0.15, -0.1) is 0 Å². The normalized spacial score (nSPS) is 9.24. The van der Waals surface area contributed by atoms with E-state index in [9.17, 15) is 0 Å². The standard InChI is InChI=1S/C12H7ClN4/c13-11-5-7-15-12-4-3-9(8-10(11)12)2-1-6-16-17-14/h3-5,7-8H,6H2. The average Bonchev–Trinajstić information content (AvgIpc) is 2.36. The molecule has 0 radical (unpaired) electrons. The van der Waals surface area contributed by atoms with Gasteiger partial charge in [-0.05, 0) is 29.8 Å². The maximum atomic E-state index is 8.11. The Balaban J connectivity index is 2.39. The van der Waals surface area contributed by atoms with Gasteiger partial charge in [-0.3, -0.25) is 4.98 Å². The van der Waals surface area contributed by atoms with Crippen molar-refractivity contribution in [2.24, 2.45) is 5.11 Å². The van der Waals surface area contributed by atoms with Crippen molar-refractivity contribution in [2.45, 2.75) is 0 Å². The van der Waals surface area contributed by atoms with Gasteiger partial charge in [0.2, 0.25) is 0 Å². The van der Waals surface area contributed by atoms with Crippen molar-refractivity contribution in [3.63, 3.8) is 0 Å². The van der Waals surface area contributed by atoms with Crippen LogP contribution in [0.4, 0.5) is 0 Å². The SMILES string of the molecule is [N-]=[N+]=NCC#Cc1ccc2nccc(Cl)c2c1. The van der Waals surface area contributed by atoms with E-state index in [4.69, 9.17) is 17.1 Å². The minimum Gasteiger partial charge on any atom is -0.256 e. The van der Waals surface area contributed by atoms with E-state index < -0.39 is 0 Å². The molecule has 2 rings (SSSR count). The van der Waals surface area contributed by atoms with Gasteiger partial charge in [0.15, 0.2) is 0 Å². The number of azide groups is 1. The molecule has 1 heterocycles. The summed E-state index contributed by atoms with van der Waals surface area (Å²) in [5, 5.41) is 4.85. The number of benzene rings is 1. The lowest BCUT2D eigenvalue weighted by Gasteiger charge is -1.99. The van der Waals surface area contributed by atoms with Crippen molar-refractivity contribution in [3.8, 4) is 11.8 Å². The van der Waals surface area contributed by atoms with Crippen LogP contribution in [0.15, 0.2) is 35.6 Å². The summed E-state index contributed by atoms with van der Waals surface area (Å²) in [5.41, 5.74) is 9.76. The Morgan fingerprint density at radius 3 is 3.12 bits per heavy atom. The smallest absolute Gasteiger partial charge is 0.0880 e. The summed E-state index contributed by atoms with van der Waals surface area (Å²) >= 11 is 6.06. The Morgan fingerprint density at radius 2 is 2.29 bits per heavy atom. The molecule has 1 aromatic carbocycles. The van der Waals surface area contributed by atoms with Gasteiger partial charge in [0, 0.05) is 22.1 Å². The summed E-state index contributed by atoms with van der Waals surface area (Å²) in [5.74, 6) is 5.65. The third-order valence-corrected chi connectivity index (χ3v) is 2.46. The molecule has 0 aliphatic heterocycles. The van der Waals surface area contributed by atoms with Crippen LogP contribution in [0.3, 0.4) is 0 Å². The maximum absolute atomic E-state index is 8.11. The molecule has 0 unspecified atom stereocenters. The molecule has 0 N–H and O–H groups in total. The highest BCUT2D eigenvalue weighted by Crippen LogP contribution is 2.22. The molecule has 17 heavy (non-hydrogen) atoms. The van der Waals surface area contributed by atoms with E-state index in [1.165, 1.54) is 0 Å². The van der Waals surface area contributed by atoms with Gasteiger partial charge in [-0.1, -0.05) is 28.6 Å². The molecule has 5 heteroatoms. The molecule has 0 bridgehead atoms. The second kappa shape index (κ2) is 5.22. The third-order valence-electron chi connectivity index (χ3n) is 2.13. The van der Waals surface area contributed by atoms with Gasteiger partial charge in [-0.2, -0.15) is 0 Å². The Labute approximate surface area is 103 Å². The zero-order chi connectivity index (χ0) is 12.1. The third kappa shape index (κ3) is 2.67. The van der Waals surface area contributed by atoms with Gasteiger partial charge < -0.3 is 0 Å². The van der Waals surface area contributed by atoms with Crippen LogP contribution in [0.5, 0.6) is 0 Å². The molecular weight excluding hydrogens is 236 g/mol. The van der Waals surface area contributed by atoms with Crippen LogP contribution >= 0.6 is 11.6 Å². The number of aromatic nitrogens is 1. The minimum absolute atomic E-state index is 0.162. The number of halogens is 1.